The Balaban J connectivity index is 1.64. The van der Waals surface area contributed by atoms with E-state index < -0.39 is 24.1 Å². The van der Waals surface area contributed by atoms with Crippen molar-refractivity contribution in [3.8, 4) is 23.0 Å². The third-order valence-corrected chi connectivity index (χ3v) is 4.27. The van der Waals surface area contributed by atoms with Crippen LogP contribution in [0.4, 0.5) is 0 Å². The molecule has 0 aliphatic rings. The summed E-state index contributed by atoms with van der Waals surface area (Å²) in [7, 11) is 0. The maximum Gasteiger partial charge on any atom is 0.347 e. The van der Waals surface area contributed by atoms with Crippen LogP contribution >= 0.6 is 0 Å². The average Bonchev–Trinajstić information content (AvgIpc) is 2.70. The van der Waals surface area contributed by atoms with Crippen molar-refractivity contribution in [2.45, 2.75) is 27.7 Å². The number of carbonyl (C=O) groups excluding carboxylic acids is 2. The number of aromatic hydroxyl groups is 1. The van der Waals surface area contributed by atoms with Gasteiger partial charge in [0.25, 0.3) is 0 Å². The average molecular weight is 424 g/mol. The largest absolute Gasteiger partial charge is 0.508 e. The molecule has 0 fully saturated rings. The highest BCUT2D eigenvalue weighted by Gasteiger charge is 2.23. The van der Waals surface area contributed by atoms with Crippen LogP contribution in [0.3, 0.4) is 0 Å². The van der Waals surface area contributed by atoms with E-state index in [4.69, 9.17) is 14.2 Å². The van der Waals surface area contributed by atoms with Gasteiger partial charge in [0.1, 0.15) is 5.75 Å². The van der Waals surface area contributed by atoms with Crippen LogP contribution in [0, 0.1) is 12.3 Å². The molecule has 162 valence electrons. The number of esters is 2. The van der Waals surface area contributed by atoms with Crippen molar-refractivity contribution >= 4 is 22.7 Å². The van der Waals surface area contributed by atoms with E-state index in [-0.39, 0.29) is 18.2 Å². The number of ether oxygens (including phenoxy) is 3. The quantitative estimate of drug-likeness (QED) is 0.470. The first-order valence-electron chi connectivity index (χ1n) is 9.66. The van der Waals surface area contributed by atoms with Crippen LogP contribution in [0.15, 0.2) is 42.5 Å². The van der Waals surface area contributed by atoms with Crippen LogP contribution in [0.5, 0.6) is 11.6 Å². The summed E-state index contributed by atoms with van der Waals surface area (Å²) < 4.78 is 15.2. The maximum absolute atomic E-state index is 11.9. The molecule has 2 aromatic carbocycles. The van der Waals surface area contributed by atoms with Crippen LogP contribution in [-0.2, 0) is 19.1 Å². The van der Waals surface area contributed by atoms with E-state index >= 15 is 0 Å². The Morgan fingerprint density at radius 1 is 0.968 bits per heavy atom. The second kappa shape index (κ2) is 8.99. The van der Waals surface area contributed by atoms with Gasteiger partial charge in [-0.05, 0) is 56.7 Å². The predicted octanol–water partition coefficient (Wildman–Crippen LogP) is 3.78. The summed E-state index contributed by atoms with van der Waals surface area (Å²) in [5, 5.41) is 11.4. The van der Waals surface area contributed by atoms with Crippen molar-refractivity contribution in [2.24, 2.45) is 5.41 Å². The highest BCUT2D eigenvalue weighted by molar-refractivity contribution is 5.87. The van der Waals surface area contributed by atoms with E-state index in [2.05, 4.69) is 9.97 Å². The van der Waals surface area contributed by atoms with E-state index in [9.17, 15) is 14.7 Å². The smallest absolute Gasteiger partial charge is 0.347 e. The summed E-state index contributed by atoms with van der Waals surface area (Å²) in [5.74, 6) is -0.301. The molecule has 0 saturated carbocycles. The molecule has 3 rings (SSSR count). The molecule has 8 heteroatoms. The minimum atomic E-state index is -0.690. The molecule has 1 aromatic heterocycles. The van der Waals surface area contributed by atoms with Gasteiger partial charge in [0.05, 0.1) is 5.41 Å². The minimum Gasteiger partial charge on any atom is -0.508 e. The summed E-state index contributed by atoms with van der Waals surface area (Å²) in [6.07, 6.45) is 0. The molecule has 31 heavy (non-hydrogen) atoms. The number of hydrogen-bond donors (Lipinski definition) is 1. The third-order valence-electron chi connectivity index (χ3n) is 4.27. The van der Waals surface area contributed by atoms with Crippen LogP contribution < -0.4 is 4.74 Å². The summed E-state index contributed by atoms with van der Waals surface area (Å²) >= 11 is 0. The van der Waals surface area contributed by atoms with E-state index in [0.717, 1.165) is 16.3 Å². The summed E-state index contributed by atoms with van der Waals surface area (Å²) in [6, 6.07) is 12.3. The Bertz CT molecular complexity index is 1120. The van der Waals surface area contributed by atoms with Crippen LogP contribution in [0.1, 0.15) is 26.5 Å². The fraction of sp³-hybridized carbons (Fsp3) is 0.304. The molecule has 8 nitrogen and oxygen atoms in total. The Hall–Kier alpha value is -3.68. The van der Waals surface area contributed by atoms with E-state index in [1.807, 2.05) is 24.3 Å². The van der Waals surface area contributed by atoms with Gasteiger partial charge < -0.3 is 19.3 Å². The molecule has 0 aliphatic carbocycles. The Morgan fingerprint density at radius 3 is 2.42 bits per heavy atom. The zero-order valence-corrected chi connectivity index (χ0v) is 17.8. The zero-order valence-electron chi connectivity index (χ0n) is 17.8. The Morgan fingerprint density at radius 2 is 1.68 bits per heavy atom. The first-order valence-corrected chi connectivity index (χ1v) is 9.66. The molecule has 0 unspecified atom stereocenters. The molecule has 3 aromatic rings. The lowest BCUT2D eigenvalue weighted by Crippen LogP contribution is -2.25. The molecular weight excluding hydrogens is 400 g/mol. The molecule has 1 N–H and O–H groups in total. The third kappa shape index (κ3) is 5.91. The van der Waals surface area contributed by atoms with Crippen LogP contribution in [-0.4, -0.2) is 40.4 Å². The molecular formula is C23H24N2O6. The second-order valence-electron chi connectivity index (χ2n) is 8.02. The highest BCUT2D eigenvalue weighted by atomic mass is 16.7. The summed E-state index contributed by atoms with van der Waals surface area (Å²) in [6.45, 7) is 6.04. The molecule has 0 radical (unpaired) electrons. The lowest BCUT2D eigenvalue weighted by Gasteiger charge is -2.16. The molecule has 0 amide bonds. The summed E-state index contributed by atoms with van der Waals surface area (Å²) in [5.41, 5.74) is 0.752. The van der Waals surface area contributed by atoms with Gasteiger partial charge in [-0.1, -0.05) is 18.2 Å². The van der Waals surface area contributed by atoms with Gasteiger partial charge in [0.15, 0.2) is 12.4 Å². The monoisotopic (exact) mass is 424 g/mol. The van der Waals surface area contributed by atoms with Gasteiger partial charge in [0, 0.05) is 17.3 Å². The lowest BCUT2D eigenvalue weighted by molar-refractivity contribution is -0.174. The van der Waals surface area contributed by atoms with E-state index in [0.29, 0.717) is 11.5 Å². The van der Waals surface area contributed by atoms with Gasteiger partial charge in [-0.25, -0.2) is 9.78 Å². The van der Waals surface area contributed by atoms with E-state index in [1.54, 1.807) is 45.9 Å². The molecule has 0 atom stereocenters. The predicted molar refractivity (Wildman–Crippen MR) is 113 cm³/mol. The topological polar surface area (TPSA) is 108 Å². The maximum atomic E-state index is 11.9. The fourth-order valence-corrected chi connectivity index (χ4v) is 2.65. The van der Waals surface area contributed by atoms with Gasteiger partial charge in [-0.2, -0.15) is 4.98 Å². The van der Waals surface area contributed by atoms with Gasteiger partial charge in [0.2, 0.25) is 12.7 Å². The molecule has 1 heterocycles. The molecule has 0 aliphatic heterocycles. The number of aromatic nitrogens is 2. The van der Waals surface area contributed by atoms with Crippen molar-refractivity contribution in [2.75, 3.05) is 13.4 Å². The number of fused-ring (bicyclic) bond motifs is 1. The van der Waals surface area contributed by atoms with E-state index in [1.165, 1.54) is 0 Å². The lowest BCUT2D eigenvalue weighted by atomic mass is 9.98. The first kappa shape index (κ1) is 22.0. The van der Waals surface area contributed by atoms with Gasteiger partial charge >= 0.3 is 11.9 Å². The number of hydrogen-bond acceptors (Lipinski definition) is 8. The van der Waals surface area contributed by atoms with Gasteiger partial charge in [-0.15, -0.1) is 0 Å². The van der Waals surface area contributed by atoms with Crippen molar-refractivity contribution in [1.82, 2.24) is 9.97 Å². The number of rotatable bonds is 6. The summed E-state index contributed by atoms with van der Waals surface area (Å²) in [4.78, 5) is 32.3. The SMILES string of the molecule is Cc1cc(OCC(=O)OCOC(=O)C(C)(C)C)nc(-c2ccc3cc(O)ccc3c2)n1. The number of carbonyl (C=O) groups is 2. The Labute approximate surface area is 179 Å². The minimum absolute atomic E-state index is 0.197. The van der Waals surface area contributed by atoms with Crippen molar-refractivity contribution < 1.29 is 28.9 Å². The fourth-order valence-electron chi connectivity index (χ4n) is 2.65. The number of benzene rings is 2. The zero-order chi connectivity index (χ0) is 22.6. The van der Waals surface area contributed by atoms with Crippen molar-refractivity contribution in [3.63, 3.8) is 0 Å². The number of nitrogens with zero attached hydrogens (tertiary/aromatic N) is 2. The normalized spacial score (nSPS) is 11.2. The number of aryl methyl sites for hydroxylation is 1. The second-order valence-corrected chi connectivity index (χ2v) is 8.02. The van der Waals surface area contributed by atoms with Crippen molar-refractivity contribution in [1.29, 1.82) is 0 Å². The molecule has 0 bridgehead atoms. The van der Waals surface area contributed by atoms with Gasteiger partial charge in [-0.3, -0.25) is 4.79 Å². The standard InChI is InChI=1S/C23H24N2O6/c1-14-9-19(29-12-20(27)30-13-31-22(28)23(2,3)4)25-21(24-14)17-6-5-16-11-18(26)8-7-15(16)10-17/h5-11,26H,12-13H2,1-4H3. The molecule has 0 spiro atoms. The number of phenols is 1. The van der Waals surface area contributed by atoms with Crippen LogP contribution in [0.2, 0.25) is 0 Å². The van der Waals surface area contributed by atoms with Crippen molar-refractivity contribution in [3.05, 3.63) is 48.2 Å². The van der Waals surface area contributed by atoms with Crippen LogP contribution in [0.25, 0.3) is 22.2 Å². The first-order chi connectivity index (χ1) is 14.6. The molecule has 0 saturated heterocycles. The number of phenolic OH excluding ortho intramolecular Hbond substituents is 1. The highest BCUT2D eigenvalue weighted by Crippen LogP contribution is 2.26. The Kier molecular flexibility index (Phi) is 6.39.